The maximum absolute atomic E-state index is 11.8. The van der Waals surface area contributed by atoms with Crippen molar-refractivity contribution >= 4 is 17.4 Å². The normalized spacial score (nSPS) is 21.9. The molecule has 3 nitrogen and oxygen atoms in total. The maximum atomic E-state index is 11.8. The molecule has 0 saturated carbocycles. The molecule has 1 heterocycles. The fraction of sp³-hybridized carbons (Fsp3) is 0.800. The molecule has 1 saturated heterocycles. The van der Waals surface area contributed by atoms with Crippen molar-refractivity contribution in [3.63, 3.8) is 0 Å². The van der Waals surface area contributed by atoms with Gasteiger partial charge in [0.25, 0.3) is 0 Å². The van der Waals surface area contributed by atoms with E-state index in [1.165, 1.54) is 32.1 Å². The van der Waals surface area contributed by atoms with Gasteiger partial charge >= 0.3 is 0 Å². The van der Waals surface area contributed by atoms with Crippen LogP contribution >= 0.6 is 11.6 Å². The van der Waals surface area contributed by atoms with Gasteiger partial charge in [-0.3, -0.25) is 4.79 Å². The molecule has 1 spiro atoms. The van der Waals surface area contributed by atoms with Gasteiger partial charge in [0.2, 0.25) is 0 Å². The first-order valence-electron chi connectivity index (χ1n) is 7.40. The molecule has 1 aliphatic carbocycles. The Bertz CT molecular complexity index is 356. The first kappa shape index (κ1) is 15.0. The van der Waals surface area contributed by atoms with Gasteiger partial charge in [-0.15, -0.1) is 0 Å². The Morgan fingerprint density at radius 1 is 1.11 bits per heavy atom. The van der Waals surface area contributed by atoms with Crippen LogP contribution in [0.25, 0.3) is 0 Å². The summed E-state index contributed by atoms with van der Waals surface area (Å²) in [5.41, 5.74) is 0.882. The predicted octanol–water partition coefficient (Wildman–Crippen LogP) is 3.95. The lowest BCUT2D eigenvalue weighted by Gasteiger charge is -2.24. The van der Waals surface area contributed by atoms with Gasteiger partial charge in [-0.05, 0) is 12.8 Å². The SMILES string of the molecule is CCCCCCCCC1=C(Cl)C(=O)CC12OCCO2. The molecule has 0 unspecified atom stereocenters. The molecule has 0 aromatic rings. The van der Waals surface area contributed by atoms with Crippen LogP contribution in [0.15, 0.2) is 10.6 Å². The van der Waals surface area contributed by atoms with Crippen LogP contribution in [-0.2, 0) is 14.3 Å². The van der Waals surface area contributed by atoms with E-state index >= 15 is 0 Å². The molecule has 2 aliphatic rings. The number of hydrogen-bond acceptors (Lipinski definition) is 3. The monoisotopic (exact) mass is 286 g/mol. The first-order valence-corrected chi connectivity index (χ1v) is 7.77. The van der Waals surface area contributed by atoms with Gasteiger partial charge in [-0.2, -0.15) is 0 Å². The summed E-state index contributed by atoms with van der Waals surface area (Å²) in [7, 11) is 0. The quantitative estimate of drug-likeness (QED) is 0.665. The lowest BCUT2D eigenvalue weighted by Crippen LogP contribution is -2.30. The highest BCUT2D eigenvalue weighted by Crippen LogP contribution is 2.43. The van der Waals surface area contributed by atoms with Crippen molar-refractivity contribution in [1.82, 2.24) is 0 Å². The molecule has 108 valence electrons. The van der Waals surface area contributed by atoms with E-state index in [1.807, 2.05) is 0 Å². The average molecular weight is 287 g/mol. The Balaban J connectivity index is 1.84. The summed E-state index contributed by atoms with van der Waals surface area (Å²) in [6, 6.07) is 0. The largest absolute Gasteiger partial charge is 0.343 e. The van der Waals surface area contributed by atoms with E-state index in [0.29, 0.717) is 18.2 Å². The van der Waals surface area contributed by atoms with E-state index in [4.69, 9.17) is 21.1 Å². The molecule has 0 atom stereocenters. The maximum Gasteiger partial charge on any atom is 0.200 e. The molecule has 1 fully saturated rings. The van der Waals surface area contributed by atoms with E-state index in [2.05, 4.69) is 6.92 Å². The molecule has 1 aliphatic heterocycles. The summed E-state index contributed by atoms with van der Waals surface area (Å²) in [5, 5.41) is 0.357. The van der Waals surface area contributed by atoms with Crippen molar-refractivity contribution in [3.8, 4) is 0 Å². The molecule has 0 bridgehead atoms. The Morgan fingerprint density at radius 2 is 1.74 bits per heavy atom. The fourth-order valence-electron chi connectivity index (χ4n) is 2.84. The van der Waals surface area contributed by atoms with E-state index in [1.54, 1.807) is 0 Å². The number of Topliss-reactive ketones (excluding diaryl/α,β-unsaturated/α-hetero) is 1. The van der Waals surface area contributed by atoms with Crippen LogP contribution in [-0.4, -0.2) is 24.8 Å². The van der Waals surface area contributed by atoms with Gasteiger partial charge in [0.05, 0.1) is 24.7 Å². The first-order chi connectivity index (χ1) is 9.19. The van der Waals surface area contributed by atoms with Crippen molar-refractivity contribution in [2.75, 3.05) is 13.2 Å². The molecule has 0 radical (unpaired) electrons. The summed E-state index contributed by atoms with van der Waals surface area (Å²) >= 11 is 6.13. The predicted molar refractivity (Wildman–Crippen MR) is 75.1 cm³/mol. The number of allylic oxidation sites excluding steroid dienone is 1. The van der Waals surface area contributed by atoms with Crippen LogP contribution in [0.4, 0.5) is 0 Å². The summed E-state index contributed by atoms with van der Waals surface area (Å²) in [6.07, 6.45) is 8.42. The minimum atomic E-state index is -0.808. The van der Waals surface area contributed by atoms with Gasteiger partial charge < -0.3 is 9.47 Å². The van der Waals surface area contributed by atoms with E-state index in [9.17, 15) is 4.79 Å². The van der Waals surface area contributed by atoms with Crippen LogP contribution in [0.5, 0.6) is 0 Å². The third kappa shape index (κ3) is 3.39. The zero-order valence-electron chi connectivity index (χ0n) is 11.7. The average Bonchev–Trinajstić information content (AvgIpc) is 2.94. The third-order valence-corrected chi connectivity index (χ3v) is 4.34. The van der Waals surface area contributed by atoms with Crippen molar-refractivity contribution < 1.29 is 14.3 Å². The van der Waals surface area contributed by atoms with Gasteiger partial charge in [0.1, 0.15) is 0 Å². The lowest BCUT2D eigenvalue weighted by atomic mass is 10.0. The smallest absolute Gasteiger partial charge is 0.200 e. The van der Waals surface area contributed by atoms with Gasteiger partial charge in [-0.25, -0.2) is 0 Å². The molecular weight excluding hydrogens is 264 g/mol. The number of halogens is 1. The molecule has 0 aromatic heterocycles. The van der Waals surface area contributed by atoms with E-state index < -0.39 is 5.79 Å². The second-order valence-electron chi connectivity index (χ2n) is 5.36. The number of hydrogen-bond donors (Lipinski definition) is 0. The standard InChI is InChI=1S/C15H23ClO3/c1-2-3-4-5-6-7-8-12-14(16)13(17)11-15(12)18-9-10-19-15/h2-11H2,1H3. The molecule has 19 heavy (non-hydrogen) atoms. The van der Waals surface area contributed by atoms with Gasteiger partial charge in [0, 0.05) is 5.57 Å². The van der Waals surface area contributed by atoms with Crippen LogP contribution in [0.3, 0.4) is 0 Å². The Labute approximate surface area is 120 Å². The number of carbonyl (C=O) groups excluding carboxylic acids is 1. The topological polar surface area (TPSA) is 35.5 Å². The minimum absolute atomic E-state index is 0.0375. The summed E-state index contributed by atoms with van der Waals surface area (Å²) < 4.78 is 11.3. The Morgan fingerprint density at radius 3 is 2.42 bits per heavy atom. The van der Waals surface area contributed by atoms with Crippen LogP contribution in [0.1, 0.15) is 58.3 Å². The molecule has 0 aromatic carbocycles. The Kier molecular flexibility index (Phi) is 5.43. The highest BCUT2D eigenvalue weighted by atomic mass is 35.5. The molecule has 0 N–H and O–H groups in total. The molecular formula is C15H23ClO3. The number of carbonyl (C=O) groups is 1. The van der Waals surface area contributed by atoms with E-state index in [-0.39, 0.29) is 12.2 Å². The van der Waals surface area contributed by atoms with Crippen molar-refractivity contribution in [2.24, 2.45) is 0 Å². The molecule has 4 heteroatoms. The zero-order valence-corrected chi connectivity index (χ0v) is 12.4. The number of ether oxygens (including phenoxy) is 2. The van der Waals surface area contributed by atoms with Gasteiger partial charge in [0.15, 0.2) is 11.6 Å². The second kappa shape index (κ2) is 6.87. The summed E-state index contributed by atoms with van der Waals surface area (Å²) in [6.45, 7) is 3.32. The van der Waals surface area contributed by atoms with Crippen molar-refractivity contribution in [1.29, 1.82) is 0 Å². The number of unbranched alkanes of at least 4 members (excludes halogenated alkanes) is 5. The second-order valence-corrected chi connectivity index (χ2v) is 5.74. The molecule has 0 amide bonds. The number of ketones is 1. The summed E-state index contributed by atoms with van der Waals surface area (Å²) in [5.74, 6) is -0.845. The van der Waals surface area contributed by atoms with Crippen LogP contribution < -0.4 is 0 Å². The third-order valence-electron chi connectivity index (χ3n) is 3.90. The van der Waals surface area contributed by atoms with Crippen molar-refractivity contribution in [3.05, 3.63) is 10.6 Å². The number of rotatable bonds is 7. The van der Waals surface area contributed by atoms with Gasteiger partial charge in [-0.1, -0.05) is 50.6 Å². The highest BCUT2D eigenvalue weighted by molar-refractivity contribution is 6.44. The molecule has 2 rings (SSSR count). The Hall–Kier alpha value is -0.380. The van der Waals surface area contributed by atoms with Crippen LogP contribution in [0.2, 0.25) is 0 Å². The lowest BCUT2D eigenvalue weighted by molar-refractivity contribution is -0.140. The minimum Gasteiger partial charge on any atom is -0.343 e. The fourth-order valence-corrected chi connectivity index (χ4v) is 3.15. The highest BCUT2D eigenvalue weighted by Gasteiger charge is 2.49. The summed E-state index contributed by atoms with van der Waals surface area (Å²) in [4.78, 5) is 11.8. The zero-order chi connectivity index (χ0) is 13.7. The van der Waals surface area contributed by atoms with E-state index in [0.717, 1.165) is 18.4 Å². The van der Waals surface area contributed by atoms with Crippen LogP contribution in [0, 0.1) is 0 Å². The van der Waals surface area contributed by atoms with Crippen molar-refractivity contribution in [2.45, 2.75) is 64.1 Å².